The highest BCUT2D eigenvalue weighted by Crippen LogP contribution is 2.33. The Kier molecular flexibility index (Phi) is 19.5. The van der Waals surface area contributed by atoms with Crippen LogP contribution in [0.4, 0.5) is 23.7 Å². The lowest BCUT2D eigenvalue weighted by Gasteiger charge is -2.22. The van der Waals surface area contributed by atoms with Gasteiger partial charge in [-0.3, -0.25) is 0 Å². The Balaban J connectivity index is 0.000000724. The lowest BCUT2D eigenvalue weighted by molar-refractivity contribution is -0.138. The number of aromatic nitrogens is 1. The summed E-state index contributed by atoms with van der Waals surface area (Å²) in [6.07, 6.45) is 4.36. The highest BCUT2D eigenvalue weighted by atomic mass is 32.1. The lowest BCUT2D eigenvalue weighted by atomic mass is 10.1. The smallest absolute Gasteiger partial charge is 0.326 e. The van der Waals surface area contributed by atoms with Crippen molar-refractivity contribution < 1.29 is 18.0 Å². The highest BCUT2D eigenvalue weighted by molar-refractivity contribution is 7.09. The molecule has 0 unspecified atom stereocenters. The van der Waals surface area contributed by atoms with E-state index in [1.807, 2.05) is 39.5 Å². The number of aryl methyl sites for hydroxylation is 1. The average molecular weight is 574 g/mol. The van der Waals surface area contributed by atoms with Crippen LogP contribution in [0.1, 0.15) is 75.9 Å². The summed E-state index contributed by atoms with van der Waals surface area (Å²) in [6.45, 7) is 12.8. The summed E-state index contributed by atoms with van der Waals surface area (Å²) < 4.78 is 38.6. The van der Waals surface area contributed by atoms with E-state index in [1.165, 1.54) is 49.6 Å². The van der Waals surface area contributed by atoms with Crippen LogP contribution in [0.25, 0.3) is 0 Å². The second-order valence-corrected chi connectivity index (χ2v) is 10.5. The number of benzene rings is 1. The van der Waals surface area contributed by atoms with Gasteiger partial charge < -0.3 is 20.4 Å². The molecule has 2 aromatic rings. The van der Waals surface area contributed by atoms with E-state index in [4.69, 9.17) is 0 Å². The number of thiazole rings is 1. The third-order valence-corrected chi connectivity index (χ3v) is 6.80. The molecule has 0 bridgehead atoms. The van der Waals surface area contributed by atoms with Crippen LogP contribution in [-0.2, 0) is 12.7 Å². The van der Waals surface area contributed by atoms with Crippen LogP contribution in [0, 0.1) is 12.8 Å². The molecule has 224 valence electrons. The zero-order valence-corrected chi connectivity index (χ0v) is 25.9. The van der Waals surface area contributed by atoms with Gasteiger partial charge in [-0.1, -0.05) is 59.4 Å². The maximum absolute atomic E-state index is 12.9. The molecule has 1 aliphatic carbocycles. The van der Waals surface area contributed by atoms with E-state index in [1.54, 1.807) is 18.4 Å². The molecule has 1 heterocycles. The maximum atomic E-state index is 12.9. The summed E-state index contributed by atoms with van der Waals surface area (Å²) >= 11 is 1.67. The van der Waals surface area contributed by atoms with Crippen LogP contribution in [-0.4, -0.2) is 61.6 Å². The first-order chi connectivity index (χ1) is 18.5. The van der Waals surface area contributed by atoms with Gasteiger partial charge in [0.25, 0.3) is 0 Å². The summed E-state index contributed by atoms with van der Waals surface area (Å²) in [6, 6.07) is 3.36. The maximum Gasteiger partial charge on any atom is 0.416 e. The van der Waals surface area contributed by atoms with Crippen molar-refractivity contribution in [3.05, 3.63) is 45.9 Å². The largest absolute Gasteiger partial charge is 0.416 e. The summed E-state index contributed by atoms with van der Waals surface area (Å²) in [5.41, 5.74) is -0.465. The SMILES string of the molecule is CC.CC1CCCC1.CCCN(C)CCN(C)C(=O)Nc1ccc(C)c(C(F)(F)F)c1.CNCc1nccs1. The molecule has 3 rings (SSSR count). The Bertz CT molecular complexity index is 888. The number of anilines is 1. The predicted molar refractivity (Wildman–Crippen MR) is 159 cm³/mol. The Hall–Kier alpha value is -2.17. The monoisotopic (exact) mass is 573 g/mol. The number of carbonyl (C=O) groups is 1. The quantitative estimate of drug-likeness (QED) is 0.337. The minimum absolute atomic E-state index is 0.130. The van der Waals surface area contributed by atoms with Crippen LogP contribution < -0.4 is 10.6 Å². The minimum Gasteiger partial charge on any atom is -0.326 e. The number of alkyl halides is 3. The van der Waals surface area contributed by atoms with Crippen LogP contribution in [0.2, 0.25) is 0 Å². The number of hydrogen-bond acceptors (Lipinski definition) is 5. The number of nitrogens with zero attached hydrogens (tertiary/aromatic N) is 3. The van der Waals surface area contributed by atoms with E-state index in [0.717, 1.165) is 36.5 Å². The molecule has 0 aliphatic heterocycles. The molecular weight excluding hydrogens is 523 g/mol. The summed E-state index contributed by atoms with van der Waals surface area (Å²) in [7, 11) is 5.50. The molecule has 2 N–H and O–H groups in total. The van der Waals surface area contributed by atoms with E-state index in [0.29, 0.717) is 13.1 Å². The van der Waals surface area contributed by atoms with E-state index in [2.05, 4.69) is 34.4 Å². The van der Waals surface area contributed by atoms with Crippen LogP contribution in [0.5, 0.6) is 0 Å². The fourth-order valence-electron chi connectivity index (χ4n) is 3.76. The summed E-state index contributed by atoms with van der Waals surface area (Å²) in [5.74, 6) is 1.05. The zero-order valence-electron chi connectivity index (χ0n) is 25.1. The fraction of sp³-hybridized carbons (Fsp3) is 0.655. The van der Waals surface area contributed by atoms with E-state index in [9.17, 15) is 18.0 Å². The molecule has 39 heavy (non-hydrogen) atoms. The van der Waals surface area contributed by atoms with Crippen LogP contribution in [0.15, 0.2) is 29.8 Å². The van der Waals surface area contributed by atoms with Gasteiger partial charge in [0.05, 0.1) is 5.56 Å². The highest BCUT2D eigenvalue weighted by Gasteiger charge is 2.32. The van der Waals surface area contributed by atoms with E-state index in [-0.39, 0.29) is 11.3 Å². The van der Waals surface area contributed by atoms with Crippen molar-refractivity contribution >= 4 is 23.1 Å². The van der Waals surface area contributed by atoms with Gasteiger partial charge >= 0.3 is 12.2 Å². The molecule has 6 nitrogen and oxygen atoms in total. The normalized spacial score (nSPS) is 12.9. The number of halogens is 3. The Morgan fingerprint density at radius 1 is 1.13 bits per heavy atom. The molecule has 10 heteroatoms. The molecule has 1 aliphatic rings. The molecule has 1 fully saturated rings. The third-order valence-electron chi connectivity index (χ3n) is 6.02. The Labute approximate surface area is 238 Å². The van der Waals surface area contributed by atoms with Gasteiger partial charge in [-0.05, 0) is 57.6 Å². The van der Waals surface area contributed by atoms with Crippen molar-refractivity contribution in [3.8, 4) is 0 Å². The first-order valence-electron chi connectivity index (χ1n) is 13.9. The third kappa shape index (κ3) is 16.5. The first-order valence-corrected chi connectivity index (χ1v) is 14.8. The van der Waals surface area contributed by atoms with Crippen molar-refractivity contribution in [3.63, 3.8) is 0 Å². The van der Waals surface area contributed by atoms with Gasteiger partial charge in [-0.2, -0.15) is 13.2 Å². The van der Waals surface area contributed by atoms with Crippen LogP contribution in [0.3, 0.4) is 0 Å². The van der Waals surface area contributed by atoms with Gasteiger partial charge in [0.1, 0.15) is 5.01 Å². The van der Waals surface area contributed by atoms with Gasteiger partial charge in [-0.25, -0.2) is 9.78 Å². The second-order valence-electron chi connectivity index (χ2n) is 9.53. The number of carbonyl (C=O) groups excluding carboxylic acids is 1. The van der Waals surface area contributed by atoms with Gasteiger partial charge in [-0.15, -0.1) is 11.3 Å². The summed E-state index contributed by atoms with van der Waals surface area (Å²) in [4.78, 5) is 19.7. The first kappa shape index (κ1) is 36.8. The van der Waals surface area contributed by atoms with Gasteiger partial charge in [0, 0.05) is 43.9 Å². The molecule has 1 saturated carbocycles. The number of rotatable bonds is 8. The van der Waals surface area contributed by atoms with E-state index < -0.39 is 17.8 Å². The predicted octanol–water partition coefficient (Wildman–Crippen LogP) is 7.90. The number of amides is 2. The van der Waals surface area contributed by atoms with Crippen LogP contribution >= 0.6 is 11.3 Å². The molecule has 1 aromatic heterocycles. The van der Waals surface area contributed by atoms with Crippen molar-refractivity contribution in [1.82, 2.24) is 20.1 Å². The average Bonchev–Trinajstić information content (AvgIpc) is 3.59. The van der Waals surface area contributed by atoms with Gasteiger partial charge in [0.15, 0.2) is 0 Å². The van der Waals surface area contributed by atoms with Crippen molar-refractivity contribution in [2.24, 2.45) is 5.92 Å². The standard InChI is InChI=1S/C16H24F3N3O.C6H12.C5H8N2S.C2H6/c1-5-8-21(3)9-10-22(4)15(23)20-13-7-6-12(2)14(11-13)16(17,18)19;1-6-4-2-3-5-6;1-6-4-5-7-2-3-8-5;1-2/h6-7,11H,5,8-10H2,1-4H3,(H,20,23);6H,2-5H2,1H3;2-3,6H,4H2,1H3;1-2H3. The fourth-order valence-corrected chi connectivity index (χ4v) is 4.39. The molecule has 0 spiro atoms. The Morgan fingerprint density at radius 2 is 1.77 bits per heavy atom. The topological polar surface area (TPSA) is 60.5 Å². The molecule has 2 amide bonds. The molecule has 0 radical (unpaired) electrons. The zero-order chi connectivity index (χ0) is 29.8. The van der Waals surface area contributed by atoms with Crippen molar-refractivity contribution in [1.29, 1.82) is 0 Å². The molecule has 0 saturated heterocycles. The number of urea groups is 1. The van der Waals surface area contributed by atoms with E-state index >= 15 is 0 Å². The number of nitrogens with one attached hydrogen (secondary N) is 2. The number of hydrogen-bond donors (Lipinski definition) is 2. The summed E-state index contributed by atoms with van der Waals surface area (Å²) in [5, 5.41) is 8.65. The van der Waals surface area contributed by atoms with Crippen molar-refractivity contribution in [2.45, 2.75) is 79.4 Å². The second kappa shape index (κ2) is 20.7. The molecule has 1 aromatic carbocycles. The minimum atomic E-state index is -4.43. The Morgan fingerprint density at radius 3 is 2.23 bits per heavy atom. The van der Waals surface area contributed by atoms with Gasteiger partial charge in [0.2, 0.25) is 0 Å². The molecule has 0 atom stereocenters. The lowest BCUT2D eigenvalue weighted by Crippen LogP contribution is -2.37. The molecular formula is C29H50F3N5OS. The number of likely N-dealkylation sites (N-methyl/N-ethyl adjacent to an activating group) is 2. The van der Waals surface area contributed by atoms with Crippen molar-refractivity contribution in [2.75, 3.05) is 46.1 Å².